The lowest BCUT2D eigenvalue weighted by Crippen LogP contribution is -2.22. The van der Waals surface area contributed by atoms with E-state index in [2.05, 4.69) is 19.6 Å². The quantitative estimate of drug-likeness (QED) is 0.258. The average Bonchev–Trinajstić information content (AvgIpc) is 2.66. The van der Waals surface area contributed by atoms with Crippen molar-refractivity contribution in [1.29, 1.82) is 0 Å². The van der Waals surface area contributed by atoms with E-state index in [4.69, 9.17) is 13.9 Å². The van der Waals surface area contributed by atoms with Crippen LogP contribution in [0.5, 0.6) is 5.75 Å². The second-order valence-corrected chi connectivity index (χ2v) is 14.4. The van der Waals surface area contributed by atoms with Crippen molar-refractivity contribution in [2.75, 3.05) is 20.3 Å². The molecule has 30 heavy (non-hydrogen) atoms. The zero-order chi connectivity index (χ0) is 21.9. The van der Waals surface area contributed by atoms with E-state index in [-0.39, 0.29) is 5.58 Å². The second kappa shape index (κ2) is 9.14. The van der Waals surface area contributed by atoms with Crippen molar-refractivity contribution in [2.24, 2.45) is 0 Å². The van der Waals surface area contributed by atoms with Crippen LogP contribution in [0.3, 0.4) is 0 Å². The standard InChI is InChI=1S/C24H29FO4Si/c1-16-6-8-20(21(14-16)27-2)23-19(10-11-28-12-13-30(3,4)5)18-9-7-17(25)15-22(18)29-24(23)26/h6-9,14-15H,10-13H2,1-5H3. The van der Waals surface area contributed by atoms with Crippen LogP contribution >= 0.6 is 0 Å². The molecule has 4 nitrogen and oxygen atoms in total. The van der Waals surface area contributed by atoms with E-state index in [9.17, 15) is 9.18 Å². The highest BCUT2D eigenvalue weighted by molar-refractivity contribution is 6.76. The number of fused-ring (bicyclic) bond motifs is 1. The van der Waals surface area contributed by atoms with Crippen molar-refractivity contribution in [3.05, 3.63) is 63.8 Å². The van der Waals surface area contributed by atoms with Crippen LogP contribution in [0.1, 0.15) is 11.1 Å². The molecule has 2 aromatic carbocycles. The van der Waals surface area contributed by atoms with E-state index in [1.165, 1.54) is 12.1 Å². The van der Waals surface area contributed by atoms with Gasteiger partial charge in [0.2, 0.25) is 0 Å². The molecular formula is C24H29FO4Si. The minimum absolute atomic E-state index is 0.243. The number of halogens is 1. The molecule has 0 aliphatic heterocycles. The zero-order valence-corrected chi connectivity index (χ0v) is 19.3. The van der Waals surface area contributed by atoms with E-state index >= 15 is 0 Å². The summed E-state index contributed by atoms with van der Waals surface area (Å²) in [6.07, 6.45) is 0.520. The molecule has 0 unspecified atom stereocenters. The van der Waals surface area contributed by atoms with E-state index in [0.717, 1.165) is 17.2 Å². The molecule has 0 fully saturated rings. The number of benzene rings is 2. The van der Waals surface area contributed by atoms with E-state index in [0.29, 0.717) is 41.9 Å². The van der Waals surface area contributed by atoms with Crippen molar-refractivity contribution in [2.45, 2.75) is 39.0 Å². The van der Waals surface area contributed by atoms with Crippen molar-refractivity contribution in [3.63, 3.8) is 0 Å². The molecule has 1 heterocycles. The maximum atomic E-state index is 13.7. The van der Waals surface area contributed by atoms with E-state index < -0.39 is 19.5 Å². The van der Waals surface area contributed by atoms with Crippen LogP contribution in [-0.4, -0.2) is 28.4 Å². The number of hydrogen-bond acceptors (Lipinski definition) is 4. The molecule has 3 rings (SSSR count). The SMILES string of the molecule is COc1cc(C)ccc1-c1c(CCOCC[Si](C)(C)C)c2ccc(F)cc2oc1=O. The van der Waals surface area contributed by atoms with E-state index in [1.54, 1.807) is 13.2 Å². The highest BCUT2D eigenvalue weighted by Gasteiger charge is 2.20. The van der Waals surface area contributed by atoms with Gasteiger partial charge >= 0.3 is 5.63 Å². The number of hydrogen-bond donors (Lipinski definition) is 0. The molecule has 0 atom stereocenters. The maximum absolute atomic E-state index is 13.7. The van der Waals surface area contributed by atoms with Crippen molar-refractivity contribution >= 4 is 19.0 Å². The van der Waals surface area contributed by atoms with Gasteiger partial charge in [-0.2, -0.15) is 0 Å². The van der Waals surface area contributed by atoms with Gasteiger partial charge in [-0.1, -0.05) is 31.8 Å². The number of aryl methyl sites for hydroxylation is 1. The monoisotopic (exact) mass is 428 g/mol. The third-order valence-electron chi connectivity index (χ3n) is 5.10. The van der Waals surface area contributed by atoms with Gasteiger partial charge in [-0.3, -0.25) is 0 Å². The fourth-order valence-electron chi connectivity index (χ4n) is 3.43. The molecule has 0 aliphatic rings. The van der Waals surface area contributed by atoms with Crippen molar-refractivity contribution in [3.8, 4) is 16.9 Å². The first kappa shape index (κ1) is 22.2. The molecule has 3 aromatic rings. The molecular weight excluding hydrogens is 399 g/mol. The first-order chi connectivity index (χ1) is 14.2. The summed E-state index contributed by atoms with van der Waals surface area (Å²) >= 11 is 0. The third kappa shape index (κ3) is 5.18. The van der Waals surface area contributed by atoms with Gasteiger partial charge in [0.25, 0.3) is 0 Å². The van der Waals surface area contributed by atoms with Crippen LogP contribution in [-0.2, 0) is 11.2 Å². The van der Waals surface area contributed by atoms with Crippen molar-refractivity contribution < 1.29 is 18.3 Å². The molecule has 0 N–H and O–H groups in total. The lowest BCUT2D eigenvalue weighted by Gasteiger charge is -2.17. The topological polar surface area (TPSA) is 48.7 Å². The Morgan fingerprint density at radius 1 is 1.07 bits per heavy atom. The smallest absolute Gasteiger partial charge is 0.344 e. The zero-order valence-electron chi connectivity index (χ0n) is 18.3. The Morgan fingerprint density at radius 3 is 2.53 bits per heavy atom. The molecule has 0 spiro atoms. The number of rotatable bonds is 8. The maximum Gasteiger partial charge on any atom is 0.344 e. The molecule has 160 valence electrons. The summed E-state index contributed by atoms with van der Waals surface area (Å²) in [5, 5.41) is 0.711. The summed E-state index contributed by atoms with van der Waals surface area (Å²) in [6, 6.07) is 11.1. The van der Waals surface area contributed by atoms with Gasteiger partial charge in [0.1, 0.15) is 17.1 Å². The third-order valence-corrected chi connectivity index (χ3v) is 6.80. The van der Waals surface area contributed by atoms with Crippen molar-refractivity contribution in [1.82, 2.24) is 0 Å². The predicted molar refractivity (Wildman–Crippen MR) is 122 cm³/mol. The van der Waals surface area contributed by atoms with Crippen LogP contribution < -0.4 is 10.4 Å². The normalized spacial score (nSPS) is 11.8. The summed E-state index contributed by atoms with van der Waals surface area (Å²) in [5.41, 5.74) is 2.66. The Labute approximate surface area is 177 Å². The van der Waals surface area contributed by atoms with Crippen LogP contribution in [0.2, 0.25) is 25.7 Å². The summed E-state index contributed by atoms with van der Waals surface area (Å²) in [5.74, 6) is 0.160. The Balaban J connectivity index is 2.06. The molecule has 6 heteroatoms. The lowest BCUT2D eigenvalue weighted by atomic mass is 9.95. The molecule has 0 saturated heterocycles. The van der Waals surface area contributed by atoms with Crippen LogP contribution in [0, 0.1) is 12.7 Å². The van der Waals surface area contributed by atoms with Gasteiger partial charge < -0.3 is 13.9 Å². The Morgan fingerprint density at radius 2 is 1.83 bits per heavy atom. The average molecular weight is 429 g/mol. The molecule has 0 aliphatic carbocycles. The minimum Gasteiger partial charge on any atom is -0.496 e. The Bertz CT molecular complexity index is 1100. The van der Waals surface area contributed by atoms with Crippen LogP contribution in [0.15, 0.2) is 45.6 Å². The predicted octanol–water partition coefficient (Wildman–Crippen LogP) is 5.81. The highest BCUT2D eigenvalue weighted by atomic mass is 28.3. The minimum atomic E-state index is -1.17. The van der Waals surface area contributed by atoms with Gasteiger partial charge in [-0.25, -0.2) is 9.18 Å². The summed E-state index contributed by atoms with van der Waals surface area (Å²) in [4.78, 5) is 13.0. The lowest BCUT2D eigenvalue weighted by molar-refractivity contribution is 0.150. The molecule has 0 radical (unpaired) electrons. The largest absolute Gasteiger partial charge is 0.496 e. The van der Waals surface area contributed by atoms with Gasteiger partial charge in [-0.05, 0) is 48.7 Å². The summed E-state index contributed by atoms with van der Waals surface area (Å²) < 4.78 is 30.7. The summed E-state index contributed by atoms with van der Waals surface area (Å²) in [7, 11) is 0.404. The first-order valence-electron chi connectivity index (χ1n) is 10.2. The summed E-state index contributed by atoms with van der Waals surface area (Å²) in [6.45, 7) is 10.1. The highest BCUT2D eigenvalue weighted by Crippen LogP contribution is 2.34. The van der Waals surface area contributed by atoms with Gasteiger partial charge in [0, 0.05) is 31.7 Å². The first-order valence-corrected chi connectivity index (χ1v) is 13.9. The number of methoxy groups -OCH3 is 1. The second-order valence-electron chi connectivity index (χ2n) is 8.76. The van der Waals surface area contributed by atoms with Crippen LogP contribution in [0.25, 0.3) is 22.1 Å². The number of ether oxygens (including phenoxy) is 2. The molecule has 1 aromatic heterocycles. The van der Waals surface area contributed by atoms with E-state index in [1.807, 2.05) is 25.1 Å². The van der Waals surface area contributed by atoms with Gasteiger partial charge in [0.15, 0.2) is 0 Å². The Hall–Kier alpha value is -2.44. The van der Waals surface area contributed by atoms with Gasteiger partial charge in [0.05, 0.1) is 19.3 Å². The van der Waals surface area contributed by atoms with Gasteiger partial charge in [-0.15, -0.1) is 0 Å². The van der Waals surface area contributed by atoms with Crippen LogP contribution in [0.4, 0.5) is 4.39 Å². The molecule has 0 amide bonds. The molecule has 0 saturated carbocycles. The Kier molecular flexibility index (Phi) is 6.78. The fraction of sp³-hybridized carbons (Fsp3) is 0.375. The molecule has 0 bridgehead atoms. The fourth-order valence-corrected chi connectivity index (χ4v) is 4.19.